The molecular weight excluding hydrogens is 82.1 g/mol. The van der Waals surface area contributed by atoms with E-state index in [-0.39, 0.29) is 11.0 Å². The Balaban J connectivity index is 0. The maximum atomic E-state index is 9.12. The summed E-state index contributed by atoms with van der Waals surface area (Å²) in [7, 11) is 0. The van der Waals surface area contributed by atoms with Crippen LogP contribution in [-0.2, 0) is 5.15 Å². The van der Waals surface area contributed by atoms with Gasteiger partial charge < -0.3 is 0 Å². The highest BCUT2D eigenvalue weighted by Crippen LogP contribution is 1.61. The molecule has 0 saturated heterocycles. The predicted molar refractivity (Wildman–Crippen MR) is 9.05 cm³/mol. The molecule has 0 aliphatic rings. The Labute approximate surface area is 26.4 Å². The van der Waals surface area contributed by atoms with E-state index in [1.54, 1.807) is 0 Å². The largest absolute Gasteiger partial charge is 0.0209 e. The van der Waals surface area contributed by atoms with Crippen LogP contribution in [0.15, 0.2) is 0 Å². The molecule has 4 heavy (non-hydrogen) atoms. The van der Waals surface area contributed by atoms with Gasteiger partial charge >= 0.3 is 0 Å². The van der Waals surface area contributed by atoms with Crippen LogP contribution in [0.3, 0.4) is 0 Å². The Morgan fingerprint density at radius 2 is 1.25 bits per heavy atom. The lowest BCUT2D eigenvalue weighted by molar-refractivity contribution is -0.317. The fourth-order valence-corrected chi connectivity index (χ4v) is 0. The van der Waals surface area contributed by atoms with Crippen molar-refractivity contribution in [2.24, 2.45) is 0 Å². The Hall–Kier alpha value is 0.0369. The molecule has 4 radical (unpaired) electrons. The van der Waals surface area contributed by atoms with Gasteiger partial charge in [0.25, 0.3) is 0 Å². The lowest BCUT2D eigenvalue weighted by Gasteiger charge is -1.41. The quantitative estimate of drug-likeness (QED) is 0.384. The number of hydrogen-bond acceptors (Lipinski definition) is 1. The first-order valence-electron chi connectivity index (χ1n) is 0.309. The lowest BCUT2D eigenvalue weighted by atomic mass is 15.4. The van der Waals surface area contributed by atoms with Gasteiger partial charge in [-0.2, -0.15) is 0 Å². The van der Waals surface area contributed by atoms with Gasteiger partial charge in [-0.1, -0.05) is 0 Å². The highest BCUT2D eigenvalue weighted by molar-refractivity contribution is 5.75. The van der Waals surface area contributed by atoms with Gasteiger partial charge in [-0.15, -0.1) is 0 Å². The molecule has 0 atom stereocenters. The number of rotatable bonds is 0. The third-order valence-electron chi connectivity index (χ3n) is 0. The first-order chi connectivity index (χ1) is 1.41. The first-order valence-corrected chi connectivity index (χ1v) is 0.309. The Kier molecular flexibility index (Phi) is 26.3. The molecule has 0 aromatic heterocycles. The molecular formula is F2OSi. The van der Waals surface area contributed by atoms with Crippen molar-refractivity contribution >= 4 is 11.0 Å². The van der Waals surface area contributed by atoms with Crippen molar-refractivity contribution in [1.82, 2.24) is 0 Å². The zero-order valence-corrected chi connectivity index (χ0v) is 2.66. The van der Waals surface area contributed by atoms with E-state index >= 15 is 0 Å². The topological polar surface area (TPSA) is 9.23 Å². The number of halogens is 2. The van der Waals surface area contributed by atoms with E-state index < -0.39 is 0 Å². The minimum absolute atomic E-state index is 0. The highest BCUT2D eigenvalue weighted by Gasteiger charge is 1.42. The zero-order valence-electron chi connectivity index (χ0n) is 1.66. The van der Waals surface area contributed by atoms with E-state index in [0.29, 0.717) is 0 Å². The van der Waals surface area contributed by atoms with Crippen LogP contribution in [0, 0.1) is 0 Å². The van der Waals surface area contributed by atoms with Crippen LogP contribution in [-0.4, -0.2) is 11.0 Å². The Morgan fingerprint density at radius 1 is 1.25 bits per heavy atom. The van der Waals surface area contributed by atoms with E-state index in [1.807, 2.05) is 0 Å². The molecule has 4 heteroatoms. The van der Waals surface area contributed by atoms with E-state index in [1.165, 1.54) is 5.15 Å². The van der Waals surface area contributed by atoms with Crippen molar-refractivity contribution in [1.29, 1.82) is 0 Å². The molecule has 0 unspecified atom stereocenters. The summed E-state index contributed by atoms with van der Waals surface area (Å²) >= 11 is 0. The van der Waals surface area contributed by atoms with Gasteiger partial charge in [0, 0.05) is 16.1 Å². The maximum absolute atomic E-state index is 9.12. The lowest BCUT2D eigenvalue weighted by Crippen LogP contribution is -1.26. The van der Waals surface area contributed by atoms with Crippen LogP contribution >= 0.6 is 0 Å². The third kappa shape index (κ3) is 1610. The third-order valence-corrected chi connectivity index (χ3v) is 0. The molecule has 0 aliphatic heterocycles. The Morgan fingerprint density at radius 3 is 1.25 bits per heavy atom. The maximum Gasteiger partial charge on any atom is 0.0209 e. The summed E-state index contributed by atoms with van der Waals surface area (Å²) in [5, 5.41) is 1.25. The van der Waals surface area contributed by atoms with E-state index in [9.17, 15) is 0 Å². The van der Waals surface area contributed by atoms with Gasteiger partial charge in [-0.05, 0) is 9.05 Å². The van der Waals surface area contributed by atoms with Gasteiger partial charge in [0.05, 0.1) is 0 Å². The fraction of sp³-hybridized carbons (Fsp3) is 0. The summed E-state index contributed by atoms with van der Waals surface area (Å²) in [6, 6.07) is 0. The van der Waals surface area contributed by atoms with Crippen molar-refractivity contribution in [2.75, 3.05) is 0 Å². The second-order valence-electron chi connectivity index (χ2n) is 0.0583. The van der Waals surface area contributed by atoms with E-state index in [4.69, 9.17) is 9.05 Å². The zero-order chi connectivity index (χ0) is 2.71. The molecule has 0 aliphatic carbocycles. The van der Waals surface area contributed by atoms with Crippen LogP contribution in [0.1, 0.15) is 0 Å². The molecule has 0 aromatic rings. The predicted octanol–water partition coefficient (Wildman–Crippen LogP) is 0.391. The van der Waals surface area contributed by atoms with Crippen LogP contribution < -0.4 is 0 Å². The van der Waals surface area contributed by atoms with Crippen molar-refractivity contribution in [3.05, 3.63) is 0 Å². The normalized spacial score (nSPS) is 4.50. The second-order valence-corrected chi connectivity index (χ2v) is 0.0583. The summed E-state index contributed by atoms with van der Waals surface area (Å²) in [6.45, 7) is 0. The number of hydrogen-bond donors (Lipinski definition) is 0. The summed E-state index contributed by atoms with van der Waals surface area (Å²) in [6.07, 6.45) is 0. The molecule has 0 aromatic carbocycles. The molecule has 0 heterocycles. The second kappa shape index (κ2) is 11.7. The summed E-state index contributed by atoms with van der Waals surface area (Å²) in [5.74, 6) is 0. The van der Waals surface area contributed by atoms with Crippen LogP contribution in [0.25, 0.3) is 0 Å². The monoisotopic (exact) mass is 82.0 g/mol. The van der Waals surface area contributed by atoms with Crippen molar-refractivity contribution < 1.29 is 14.2 Å². The summed E-state index contributed by atoms with van der Waals surface area (Å²) in [5.41, 5.74) is 0. The average Bonchev–Trinajstić information content (AvgIpc) is 0.918. The standard InChI is InChI=1S/F2O.Si/c1-3-2;. The highest BCUT2D eigenvalue weighted by atomic mass is 28.1. The average molecular weight is 82.1 g/mol. The van der Waals surface area contributed by atoms with Crippen molar-refractivity contribution in [3.63, 3.8) is 0 Å². The summed E-state index contributed by atoms with van der Waals surface area (Å²) in [4.78, 5) is 0. The van der Waals surface area contributed by atoms with Gasteiger partial charge in [0.15, 0.2) is 0 Å². The van der Waals surface area contributed by atoms with Crippen molar-refractivity contribution in [3.8, 4) is 0 Å². The van der Waals surface area contributed by atoms with Gasteiger partial charge in [0.1, 0.15) is 0 Å². The minimum Gasteiger partial charge on any atom is -0.0104 e. The first kappa shape index (κ1) is 8.97. The molecule has 24 valence electrons. The molecule has 0 spiro atoms. The smallest absolute Gasteiger partial charge is 0.0104 e. The molecule has 0 amide bonds. The molecule has 0 N–H and O–H groups in total. The van der Waals surface area contributed by atoms with Crippen LogP contribution in [0.4, 0.5) is 9.05 Å². The summed E-state index contributed by atoms with van der Waals surface area (Å²) < 4.78 is 18.2. The molecule has 1 nitrogen and oxygen atoms in total. The van der Waals surface area contributed by atoms with Crippen LogP contribution in [0.5, 0.6) is 0 Å². The fourth-order valence-electron chi connectivity index (χ4n) is 0. The van der Waals surface area contributed by atoms with Gasteiger partial charge in [-0.3, -0.25) is 0 Å². The molecule has 0 rings (SSSR count). The molecule has 0 fully saturated rings. The van der Waals surface area contributed by atoms with Gasteiger partial charge in [-0.25, -0.2) is 0 Å². The van der Waals surface area contributed by atoms with Crippen molar-refractivity contribution in [2.45, 2.75) is 0 Å². The van der Waals surface area contributed by atoms with E-state index in [2.05, 4.69) is 0 Å². The van der Waals surface area contributed by atoms with Crippen LogP contribution in [0.2, 0.25) is 0 Å². The Bertz CT molecular complexity index is 6.00. The molecule has 0 saturated carbocycles. The van der Waals surface area contributed by atoms with E-state index in [0.717, 1.165) is 0 Å². The SMILES string of the molecule is FOF.[Si]. The molecule has 0 bridgehead atoms. The minimum atomic E-state index is 0. The van der Waals surface area contributed by atoms with Gasteiger partial charge in [0.2, 0.25) is 0 Å².